The second kappa shape index (κ2) is 6.96. The zero-order valence-electron chi connectivity index (χ0n) is 12.3. The number of carbonyl (C=O) groups is 1. The van der Waals surface area contributed by atoms with E-state index in [0.29, 0.717) is 5.75 Å². The van der Waals surface area contributed by atoms with Crippen LogP contribution in [0, 0.1) is 0 Å². The van der Waals surface area contributed by atoms with Crippen molar-refractivity contribution in [3.8, 4) is 17.4 Å². The number of primary amides is 1. The lowest BCUT2D eigenvalue weighted by molar-refractivity contribution is -0.138. The average Bonchev–Trinajstić information content (AvgIpc) is 2.49. The highest BCUT2D eigenvalue weighted by Gasteiger charge is 2.36. The highest BCUT2D eigenvalue weighted by atomic mass is 35.5. The minimum atomic E-state index is -4.66. The van der Waals surface area contributed by atoms with Crippen LogP contribution < -0.4 is 15.2 Å². The first-order chi connectivity index (χ1) is 11.2. The van der Waals surface area contributed by atoms with Crippen molar-refractivity contribution in [3.05, 3.63) is 47.1 Å². The van der Waals surface area contributed by atoms with Crippen molar-refractivity contribution in [1.82, 2.24) is 4.98 Å². The predicted octanol–water partition coefficient (Wildman–Crippen LogP) is 3.80. The number of aromatic nitrogens is 1. The molecular formula is C15H12ClF3N2O3. The van der Waals surface area contributed by atoms with Crippen LogP contribution in [0.3, 0.4) is 0 Å². The Labute approximate surface area is 140 Å². The average molecular weight is 361 g/mol. The minimum Gasteiger partial charge on any atom is -0.481 e. The predicted molar refractivity (Wildman–Crippen MR) is 80.0 cm³/mol. The van der Waals surface area contributed by atoms with Gasteiger partial charge < -0.3 is 15.2 Å². The number of halogens is 4. The van der Waals surface area contributed by atoms with E-state index in [4.69, 9.17) is 26.8 Å². The molecule has 1 atom stereocenters. The van der Waals surface area contributed by atoms with Crippen molar-refractivity contribution in [2.45, 2.75) is 19.2 Å². The van der Waals surface area contributed by atoms with Crippen LogP contribution in [0.5, 0.6) is 17.4 Å². The summed E-state index contributed by atoms with van der Waals surface area (Å²) >= 11 is 5.55. The maximum Gasteiger partial charge on any atom is 0.421 e. The van der Waals surface area contributed by atoms with Crippen LogP contribution >= 0.6 is 11.6 Å². The van der Waals surface area contributed by atoms with Gasteiger partial charge in [0.25, 0.3) is 5.91 Å². The topological polar surface area (TPSA) is 74.4 Å². The Bertz CT molecular complexity index is 736. The number of amides is 1. The molecule has 0 saturated heterocycles. The Morgan fingerprint density at radius 2 is 1.83 bits per heavy atom. The number of pyridine rings is 1. The zero-order valence-corrected chi connectivity index (χ0v) is 13.1. The van der Waals surface area contributed by atoms with Crippen molar-refractivity contribution in [2.24, 2.45) is 5.73 Å². The van der Waals surface area contributed by atoms with Crippen molar-refractivity contribution in [1.29, 1.82) is 0 Å². The molecule has 1 heterocycles. The Morgan fingerprint density at radius 1 is 1.25 bits per heavy atom. The number of nitrogens with zero attached hydrogens (tertiary/aromatic N) is 1. The zero-order chi connectivity index (χ0) is 17.9. The molecule has 5 nitrogen and oxygen atoms in total. The molecule has 0 spiro atoms. The van der Waals surface area contributed by atoms with Gasteiger partial charge in [-0.2, -0.15) is 13.2 Å². The van der Waals surface area contributed by atoms with Gasteiger partial charge in [0.15, 0.2) is 6.10 Å². The molecule has 128 valence electrons. The van der Waals surface area contributed by atoms with Crippen molar-refractivity contribution >= 4 is 17.5 Å². The van der Waals surface area contributed by atoms with E-state index < -0.39 is 29.6 Å². The summed E-state index contributed by atoms with van der Waals surface area (Å²) in [5, 5.41) is -0.154. The second-order valence-electron chi connectivity index (χ2n) is 4.74. The molecule has 9 heteroatoms. The smallest absolute Gasteiger partial charge is 0.421 e. The van der Waals surface area contributed by atoms with Crippen LogP contribution in [0.2, 0.25) is 5.02 Å². The molecule has 0 aliphatic heterocycles. The minimum absolute atomic E-state index is 0.106. The Kier molecular flexibility index (Phi) is 5.18. The molecule has 1 aromatic heterocycles. The maximum atomic E-state index is 13.0. The fourth-order valence-corrected chi connectivity index (χ4v) is 1.83. The highest BCUT2D eigenvalue weighted by molar-refractivity contribution is 6.30. The van der Waals surface area contributed by atoms with E-state index in [2.05, 4.69) is 4.98 Å². The normalized spacial score (nSPS) is 12.5. The van der Waals surface area contributed by atoms with Gasteiger partial charge in [0.2, 0.25) is 5.88 Å². The fourth-order valence-electron chi connectivity index (χ4n) is 1.67. The fraction of sp³-hybridized carbons (Fsp3) is 0.200. The molecule has 1 aromatic carbocycles. The van der Waals surface area contributed by atoms with Gasteiger partial charge in [-0.15, -0.1) is 0 Å². The first kappa shape index (κ1) is 17.9. The molecule has 0 saturated carbocycles. The highest BCUT2D eigenvalue weighted by Crippen LogP contribution is 2.38. The standard InChI is InChI=1S/C15H12ClF3N2O3/c1-8(13(20)22)23-10-2-4-11(5-3-10)24-14-12(15(17,18)19)6-9(16)7-21-14/h2-8H,1H3,(H2,20,22). The monoisotopic (exact) mass is 360 g/mol. The largest absolute Gasteiger partial charge is 0.481 e. The molecule has 0 aliphatic rings. The first-order valence-corrected chi connectivity index (χ1v) is 7.01. The summed E-state index contributed by atoms with van der Waals surface area (Å²) < 4.78 is 49.3. The van der Waals surface area contributed by atoms with E-state index in [9.17, 15) is 18.0 Å². The van der Waals surface area contributed by atoms with Gasteiger partial charge in [-0.1, -0.05) is 11.6 Å². The van der Waals surface area contributed by atoms with E-state index in [0.717, 1.165) is 12.3 Å². The summed E-state index contributed by atoms with van der Waals surface area (Å²) in [4.78, 5) is 14.5. The van der Waals surface area contributed by atoms with Crippen LogP contribution in [0.1, 0.15) is 12.5 Å². The van der Waals surface area contributed by atoms with Crippen LogP contribution in [0.25, 0.3) is 0 Å². The number of rotatable bonds is 5. The van der Waals surface area contributed by atoms with Gasteiger partial charge in [0, 0.05) is 6.20 Å². The van der Waals surface area contributed by atoms with E-state index in [1.807, 2.05) is 0 Å². The quantitative estimate of drug-likeness (QED) is 0.880. The number of benzene rings is 1. The maximum absolute atomic E-state index is 13.0. The van der Waals surface area contributed by atoms with E-state index >= 15 is 0 Å². The molecule has 24 heavy (non-hydrogen) atoms. The van der Waals surface area contributed by atoms with Crippen LogP contribution in [-0.4, -0.2) is 17.0 Å². The van der Waals surface area contributed by atoms with Gasteiger partial charge in [0.05, 0.1) is 5.02 Å². The molecule has 0 radical (unpaired) electrons. The van der Waals surface area contributed by atoms with Gasteiger partial charge in [-0.05, 0) is 37.3 Å². The van der Waals surface area contributed by atoms with Gasteiger partial charge >= 0.3 is 6.18 Å². The molecule has 2 rings (SSSR count). The Hall–Kier alpha value is -2.48. The molecule has 0 aliphatic carbocycles. The lowest BCUT2D eigenvalue weighted by atomic mass is 10.2. The summed E-state index contributed by atoms with van der Waals surface area (Å²) in [5.74, 6) is -0.843. The SMILES string of the molecule is CC(Oc1ccc(Oc2ncc(Cl)cc2C(F)(F)F)cc1)C(N)=O. The van der Waals surface area contributed by atoms with E-state index in [-0.39, 0.29) is 10.8 Å². The van der Waals surface area contributed by atoms with Crippen molar-refractivity contribution in [3.63, 3.8) is 0 Å². The summed E-state index contributed by atoms with van der Waals surface area (Å²) in [7, 11) is 0. The number of alkyl halides is 3. The molecule has 2 aromatic rings. The number of hydrogen-bond acceptors (Lipinski definition) is 4. The lowest BCUT2D eigenvalue weighted by Crippen LogP contribution is -2.30. The third-order valence-corrected chi connectivity index (χ3v) is 3.08. The van der Waals surface area contributed by atoms with Gasteiger partial charge in [-0.25, -0.2) is 4.98 Å². The van der Waals surface area contributed by atoms with Crippen LogP contribution in [-0.2, 0) is 11.0 Å². The molecule has 2 N–H and O–H groups in total. The number of ether oxygens (including phenoxy) is 2. The van der Waals surface area contributed by atoms with Crippen molar-refractivity contribution < 1.29 is 27.4 Å². The number of carbonyl (C=O) groups excluding carboxylic acids is 1. The second-order valence-corrected chi connectivity index (χ2v) is 5.18. The summed E-state index contributed by atoms with van der Waals surface area (Å²) in [6, 6.07) is 6.34. The number of hydrogen-bond donors (Lipinski definition) is 1. The lowest BCUT2D eigenvalue weighted by Gasteiger charge is -2.14. The van der Waals surface area contributed by atoms with E-state index in [1.54, 1.807) is 0 Å². The van der Waals surface area contributed by atoms with Gasteiger partial charge in [0.1, 0.15) is 17.1 Å². The van der Waals surface area contributed by atoms with Crippen LogP contribution in [0.4, 0.5) is 13.2 Å². The summed E-state index contributed by atoms with van der Waals surface area (Å²) in [5.41, 5.74) is 3.99. The molecule has 0 bridgehead atoms. The van der Waals surface area contributed by atoms with Crippen LogP contribution in [0.15, 0.2) is 36.5 Å². The van der Waals surface area contributed by atoms with Gasteiger partial charge in [-0.3, -0.25) is 4.79 Å². The Morgan fingerprint density at radius 3 is 2.38 bits per heavy atom. The van der Waals surface area contributed by atoms with Crippen molar-refractivity contribution in [2.75, 3.05) is 0 Å². The Balaban J connectivity index is 2.19. The van der Waals surface area contributed by atoms with E-state index in [1.165, 1.54) is 31.2 Å². The molecule has 1 amide bonds. The third kappa shape index (κ3) is 4.51. The molecular weight excluding hydrogens is 349 g/mol. The summed E-state index contributed by atoms with van der Waals surface area (Å²) in [6.07, 6.45) is -4.45. The number of nitrogens with two attached hydrogens (primary N) is 1. The third-order valence-electron chi connectivity index (χ3n) is 2.87. The first-order valence-electron chi connectivity index (χ1n) is 6.63. The molecule has 0 fully saturated rings. The summed E-state index contributed by atoms with van der Waals surface area (Å²) in [6.45, 7) is 1.47. The molecule has 1 unspecified atom stereocenters.